The smallest absolute Gasteiger partial charge is 0.262 e. The largest absolute Gasteiger partial charge is 0.342 e. The quantitative estimate of drug-likeness (QED) is 0.741. The second-order valence-corrected chi connectivity index (χ2v) is 7.41. The fraction of sp³-hybridized carbons (Fsp3) is 0.529. The summed E-state index contributed by atoms with van der Waals surface area (Å²) >= 11 is 0. The van der Waals surface area contributed by atoms with E-state index in [0.717, 1.165) is 53.8 Å². The highest BCUT2D eigenvalue weighted by Crippen LogP contribution is 2.31. The van der Waals surface area contributed by atoms with Gasteiger partial charge in [0.05, 0.1) is 10.9 Å². The van der Waals surface area contributed by atoms with Crippen molar-refractivity contribution in [1.82, 2.24) is 9.55 Å². The van der Waals surface area contributed by atoms with Crippen LogP contribution in [-0.2, 0) is 7.05 Å². The molecule has 0 aliphatic carbocycles. The zero-order valence-electron chi connectivity index (χ0n) is 14.2. The molecule has 116 valence electrons. The van der Waals surface area contributed by atoms with E-state index in [0.29, 0.717) is 5.41 Å². The Bertz CT molecular complexity index is 785. The average Bonchev–Trinajstić information content (AvgIpc) is 2.44. The van der Waals surface area contributed by atoms with Crippen LogP contribution in [0, 0.1) is 12.3 Å². The first-order valence-corrected chi connectivity index (χ1v) is 8.01. The summed E-state index contributed by atoms with van der Waals surface area (Å²) in [6.07, 6.45) is 2.27. The van der Waals surface area contributed by atoms with Crippen molar-refractivity contribution in [3.05, 3.63) is 28.0 Å². The second kappa shape index (κ2) is 5.15. The molecule has 0 unspecified atom stereocenters. The molecule has 1 saturated heterocycles. The van der Waals surface area contributed by atoms with Crippen molar-refractivity contribution in [2.75, 3.05) is 18.0 Å². The number of piperidine rings is 1. The maximum Gasteiger partial charge on any atom is 0.262 e. The van der Waals surface area contributed by atoms with Gasteiger partial charge in [-0.25, -0.2) is 4.98 Å². The fourth-order valence-electron chi connectivity index (χ4n) is 3.31. The molecule has 2 heterocycles. The van der Waals surface area contributed by atoms with Crippen LogP contribution < -0.4 is 15.9 Å². The Labute approximate surface area is 132 Å². The molecule has 1 fully saturated rings. The van der Waals surface area contributed by atoms with Crippen LogP contribution in [0.4, 0.5) is 5.95 Å². The number of fused-ring (bicyclic) bond motifs is 1. The van der Waals surface area contributed by atoms with Gasteiger partial charge in [-0.1, -0.05) is 30.9 Å². The summed E-state index contributed by atoms with van der Waals surface area (Å²) in [5.74, 6) is 0.806. The summed E-state index contributed by atoms with van der Waals surface area (Å²) in [5.41, 5.74) is 3.46. The molecule has 1 aliphatic heterocycles. The van der Waals surface area contributed by atoms with Gasteiger partial charge in [0.15, 0.2) is 0 Å². The molecule has 0 amide bonds. The van der Waals surface area contributed by atoms with Gasteiger partial charge in [-0.2, -0.15) is 0 Å². The van der Waals surface area contributed by atoms with Gasteiger partial charge in [-0.3, -0.25) is 9.36 Å². The van der Waals surface area contributed by atoms with Gasteiger partial charge in [-0.15, -0.1) is 0 Å². The third-order valence-corrected chi connectivity index (χ3v) is 4.89. The predicted molar refractivity (Wildman–Crippen MR) is 95.1 cm³/mol. The number of hydrogen-bond donors (Lipinski definition) is 0. The summed E-state index contributed by atoms with van der Waals surface area (Å²) < 4.78 is 1.71. The summed E-state index contributed by atoms with van der Waals surface area (Å²) in [4.78, 5) is 19.8. The first kappa shape index (κ1) is 15.1. The van der Waals surface area contributed by atoms with Crippen LogP contribution in [0.1, 0.15) is 32.3 Å². The molecule has 1 aromatic carbocycles. The number of rotatable bonds is 1. The molecule has 0 bridgehead atoms. The Balaban J connectivity index is 2.12. The van der Waals surface area contributed by atoms with Crippen LogP contribution in [-0.4, -0.2) is 30.5 Å². The van der Waals surface area contributed by atoms with E-state index in [2.05, 4.69) is 24.8 Å². The van der Waals surface area contributed by atoms with Gasteiger partial charge in [0, 0.05) is 20.1 Å². The van der Waals surface area contributed by atoms with E-state index in [-0.39, 0.29) is 5.56 Å². The number of anilines is 1. The lowest BCUT2D eigenvalue weighted by Crippen LogP contribution is -2.41. The molecule has 0 spiro atoms. The maximum atomic E-state index is 12.7. The molecule has 0 atom stereocenters. The van der Waals surface area contributed by atoms with Gasteiger partial charge < -0.3 is 4.90 Å². The lowest BCUT2D eigenvalue weighted by Gasteiger charge is -2.37. The lowest BCUT2D eigenvalue weighted by atomic mass is 9.83. The summed E-state index contributed by atoms with van der Waals surface area (Å²) in [6, 6.07) is 4.04. The Morgan fingerprint density at radius 1 is 1.23 bits per heavy atom. The molecule has 1 aromatic heterocycles. The minimum Gasteiger partial charge on any atom is -0.342 e. The van der Waals surface area contributed by atoms with Crippen LogP contribution in [0.2, 0.25) is 0 Å². The standard InChI is InChI=1S/C17H24BN3O/c1-11-9-12-14(13(18)10-11)19-16(20(4)15(12)22)21-7-5-17(2,3)6-8-21/h9-10H,5-8,18H2,1-4H3. The van der Waals surface area contributed by atoms with Crippen LogP contribution in [0.25, 0.3) is 10.9 Å². The topological polar surface area (TPSA) is 38.1 Å². The first-order chi connectivity index (χ1) is 10.3. The third-order valence-electron chi connectivity index (χ3n) is 4.89. The van der Waals surface area contributed by atoms with Crippen molar-refractivity contribution in [3.8, 4) is 0 Å². The number of nitrogens with zero attached hydrogens (tertiary/aromatic N) is 3. The van der Waals surface area contributed by atoms with Gasteiger partial charge >= 0.3 is 0 Å². The van der Waals surface area contributed by atoms with Crippen molar-refractivity contribution < 1.29 is 0 Å². The van der Waals surface area contributed by atoms with E-state index in [1.807, 2.05) is 27.9 Å². The molecule has 0 saturated carbocycles. The summed E-state index contributed by atoms with van der Waals surface area (Å²) in [6.45, 7) is 8.56. The SMILES string of the molecule is Bc1cc(C)cc2c(=O)n(C)c(N3CCC(C)(C)CC3)nc12. The maximum absolute atomic E-state index is 12.7. The summed E-state index contributed by atoms with van der Waals surface area (Å²) in [5, 5.41) is 0.723. The van der Waals surface area contributed by atoms with Crippen LogP contribution >= 0.6 is 0 Å². The van der Waals surface area contributed by atoms with E-state index < -0.39 is 0 Å². The Kier molecular flexibility index (Phi) is 3.54. The van der Waals surface area contributed by atoms with Crippen molar-refractivity contribution in [1.29, 1.82) is 0 Å². The molecule has 3 rings (SSSR count). The van der Waals surface area contributed by atoms with E-state index in [9.17, 15) is 4.79 Å². The Hall–Kier alpha value is -1.78. The van der Waals surface area contributed by atoms with Gasteiger partial charge in [0.1, 0.15) is 7.85 Å². The molecule has 5 heteroatoms. The number of benzene rings is 1. The molecule has 22 heavy (non-hydrogen) atoms. The van der Waals surface area contributed by atoms with Gasteiger partial charge in [0.25, 0.3) is 5.56 Å². The predicted octanol–water partition coefficient (Wildman–Crippen LogP) is 1.13. The van der Waals surface area contributed by atoms with Crippen molar-refractivity contribution in [3.63, 3.8) is 0 Å². The normalized spacial score (nSPS) is 17.9. The van der Waals surface area contributed by atoms with Crippen LogP contribution in [0.5, 0.6) is 0 Å². The van der Waals surface area contributed by atoms with Crippen LogP contribution in [0.15, 0.2) is 16.9 Å². The molecule has 0 N–H and O–H groups in total. The average molecular weight is 297 g/mol. The van der Waals surface area contributed by atoms with Gasteiger partial charge in [0.2, 0.25) is 5.95 Å². The zero-order valence-corrected chi connectivity index (χ0v) is 14.2. The number of aromatic nitrogens is 2. The molecule has 1 aliphatic rings. The van der Waals surface area contributed by atoms with Crippen LogP contribution in [0.3, 0.4) is 0 Å². The minimum atomic E-state index is 0.0524. The molecular formula is C17H24BN3O. The van der Waals surface area contributed by atoms with Crippen molar-refractivity contribution >= 4 is 30.2 Å². The van der Waals surface area contributed by atoms with E-state index >= 15 is 0 Å². The Morgan fingerprint density at radius 3 is 2.50 bits per heavy atom. The van der Waals surface area contributed by atoms with E-state index in [1.54, 1.807) is 4.57 Å². The highest BCUT2D eigenvalue weighted by atomic mass is 16.1. The second-order valence-electron chi connectivity index (χ2n) is 7.41. The Morgan fingerprint density at radius 2 is 1.86 bits per heavy atom. The lowest BCUT2D eigenvalue weighted by molar-refractivity contribution is 0.277. The highest BCUT2D eigenvalue weighted by molar-refractivity contribution is 6.38. The molecule has 4 nitrogen and oxygen atoms in total. The van der Waals surface area contributed by atoms with Gasteiger partial charge in [-0.05, 0) is 31.2 Å². The van der Waals surface area contributed by atoms with Crippen molar-refractivity contribution in [2.24, 2.45) is 12.5 Å². The first-order valence-electron chi connectivity index (χ1n) is 8.01. The van der Waals surface area contributed by atoms with Crippen molar-refractivity contribution in [2.45, 2.75) is 33.6 Å². The molecule has 2 aromatic rings. The summed E-state index contributed by atoms with van der Waals surface area (Å²) in [7, 11) is 3.87. The minimum absolute atomic E-state index is 0.0524. The van der Waals surface area contributed by atoms with E-state index in [1.165, 1.54) is 0 Å². The molecular weight excluding hydrogens is 273 g/mol. The number of hydrogen-bond acceptors (Lipinski definition) is 3. The monoisotopic (exact) mass is 297 g/mol. The third kappa shape index (κ3) is 2.53. The number of aryl methyl sites for hydroxylation is 1. The highest BCUT2D eigenvalue weighted by Gasteiger charge is 2.27. The zero-order chi connectivity index (χ0) is 16.1. The molecule has 0 radical (unpaired) electrons. The fourth-order valence-corrected chi connectivity index (χ4v) is 3.31. The van der Waals surface area contributed by atoms with E-state index in [4.69, 9.17) is 4.98 Å².